The first-order chi connectivity index (χ1) is 10.8. The molecule has 0 amide bonds. The van der Waals surface area contributed by atoms with E-state index in [4.69, 9.17) is 4.74 Å². The lowest BCUT2D eigenvalue weighted by Crippen LogP contribution is -2.41. The second-order valence-corrected chi connectivity index (χ2v) is 6.69. The number of halogens is 3. The van der Waals surface area contributed by atoms with Gasteiger partial charge in [0.15, 0.2) is 0 Å². The summed E-state index contributed by atoms with van der Waals surface area (Å²) in [4.78, 5) is 8.40. The largest absolute Gasteiger partial charge is 0.417 e. The van der Waals surface area contributed by atoms with Gasteiger partial charge in [0.1, 0.15) is 5.82 Å². The van der Waals surface area contributed by atoms with Crippen LogP contribution in [0.4, 0.5) is 19.0 Å². The number of fused-ring (bicyclic) bond motifs is 1. The third-order valence-corrected chi connectivity index (χ3v) is 5.04. The summed E-state index contributed by atoms with van der Waals surface area (Å²) in [6.45, 7) is 7.01. The van der Waals surface area contributed by atoms with Crippen molar-refractivity contribution in [2.75, 3.05) is 51.3 Å². The van der Waals surface area contributed by atoms with Gasteiger partial charge in [0.2, 0.25) is 0 Å². The molecule has 0 saturated carbocycles. The maximum atomic E-state index is 12.7. The molecule has 3 heterocycles. The Bertz CT molecular complexity index is 548. The molecule has 0 aromatic carbocycles. The molecule has 128 valence electrons. The van der Waals surface area contributed by atoms with Crippen molar-refractivity contribution in [2.24, 2.45) is 11.3 Å². The number of aromatic nitrogens is 1. The minimum Gasteiger partial charge on any atom is -0.380 e. The maximum Gasteiger partial charge on any atom is 0.417 e. The molecule has 7 heteroatoms. The molecule has 0 N–H and O–H groups in total. The van der Waals surface area contributed by atoms with Crippen molar-refractivity contribution < 1.29 is 17.9 Å². The van der Waals surface area contributed by atoms with E-state index < -0.39 is 11.7 Å². The molecule has 2 aliphatic heterocycles. The zero-order chi connectivity index (χ0) is 16.7. The molecule has 0 radical (unpaired) electrons. The summed E-state index contributed by atoms with van der Waals surface area (Å²) < 4.78 is 43.6. The van der Waals surface area contributed by atoms with Crippen LogP contribution in [0.3, 0.4) is 0 Å². The van der Waals surface area contributed by atoms with Crippen LogP contribution in [0.2, 0.25) is 0 Å². The van der Waals surface area contributed by atoms with Crippen molar-refractivity contribution in [1.29, 1.82) is 0 Å². The van der Waals surface area contributed by atoms with E-state index in [-0.39, 0.29) is 5.41 Å². The van der Waals surface area contributed by atoms with Crippen molar-refractivity contribution in [3.8, 4) is 0 Å². The van der Waals surface area contributed by atoms with Crippen LogP contribution in [-0.4, -0.2) is 56.3 Å². The molecule has 0 aliphatic carbocycles. The van der Waals surface area contributed by atoms with Gasteiger partial charge in [0, 0.05) is 37.2 Å². The van der Waals surface area contributed by atoms with Gasteiger partial charge in [-0.1, -0.05) is 6.92 Å². The number of nitrogens with zero attached hydrogens (tertiary/aromatic N) is 3. The second-order valence-electron chi connectivity index (χ2n) is 6.69. The molecule has 23 heavy (non-hydrogen) atoms. The van der Waals surface area contributed by atoms with E-state index in [1.807, 2.05) is 0 Å². The summed E-state index contributed by atoms with van der Waals surface area (Å²) in [5, 5.41) is 0. The smallest absolute Gasteiger partial charge is 0.380 e. The van der Waals surface area contributed by atoms with Crippen molar-refractivity contribution in [3.05, 3.63) is 23.9 Å². The van der Waals surface area contributed by atoms with Gasteiger partial charge in [0.05, 0.1) is 18.8 Å². The summed E-state index contributed by atoms with van der Waals surface area (Å²) in [6.07, 6.45) is -3.42. The highest BCUT2D eigenvalue weighted by atomic mass is 19.4. The Balaban J connectivity index is 1.76. The normalized spacial score (nSPS) is 27.7. The van der Waals surface area contributed by atoms with Crippen LogP contribution in [0.1, 0.15) is 12.5 Å². The second kappa shape index (κ2) is 5.94. The monoisotopic (exact) mass is 329 g/mol. The highest BCUT2D eigenvalue weighted by Gasteiger charge is 2.51. The number of hydrogen-bond acceptors (Lipinski definition) is 4. The zero-order valence-electron chi connectivity index (χ0n) is 13.4. The Hall–Kier alpha value is -1.34. The molecule has 3 rings (SSSR count). The van der Waals surface area contributed by atoms with Gasteiger partial charge in [-0.05, 0) is 25.7 Å². The number of rotatable bonds is 4. The van der Waals surface area contributed by atoms with Crippen LogP contribution in [0.5, 0.6) is 0 Å². The van der Waals surface area contributed by atoms with Crippen molar-refractivity contribution in [3.63, 3.8) is 0 Å². The van der Waals surface area contributed by atoms with E-state index in [0.29, 0.717) is 24.9 Å². The molecule has 2 atom stereocenters. The standard InChI is InChI=1S/C16H22F3N3O/c1-3-21(2)9-15-10-22(7-13(15)8-23-11-15)14-5-4-12(6-20-14)16(17,18)19/h4-6,13H,3,7-11H2,1-2H3/t13-,15+/m1/s1. The fourth-order valence-corrected chi connectivity index (χ4v) is 3.62. The molecule has 1 aromatic rings. The maximum absolute atomic E-state index is 12.7. The average molecular weight is 329 g/mol. The highest BCUT2D eigenvalue weighted by molar-refractivity contribution is 5.42. The summed E-state index contributed by atoms with van der Waals surface area (Å²) in [5.74, 6) is 1.02. The molecular weight excluding hydrogens is 307 g/mol. The van der Waals surface area contributed by atoms with E-state index in [1.54, 1.807) is 0 Å². The highest BCUT2D eigenvalue weighted by Crippen LogP contribution is 2.43. The van der Waals surface area contributed by atoms with Crippen LogP contribution in [-0.2, 0) is 10.9 Å². The van der Waals surface area contributed by atoms with E-state index >= 15 is 0 Å². The fraction of sp³-hybridized carbons (Fsp3) is 0.688. The first-order valence-corrected chi connectivity index (χ1v) is 7.88. The van der Waals surface area contributed by atoms with Gasteiger partial charge in [-0.25, -0.2) is 4.98 Å². The average Bonchev–Trinajstić information content (AvgIpc) is 3.03. The number of hydrogen-bond donors (Lipinski definition) is 0. The molecule has 4 nitrogen and oxygen atoms in total. The van der Waals surface area contributed by atoms with Crippen LogP contribution in [0.25, 0.3) is 0 Å². The van der Waals surface area contributed by atoms with Crippen molar-refractivity contribution in [1.82, 2.24) is 9.88 Å². The molecular formula is C16H22F3N3O. The van der Waals surface area contributed by atoms with Gasteiger partial charge < -0.3 is 14.5 Å². The Morgan fingerprint density at radius 1 is 1.43 bits per heavy atom. The van der Waals surface area contributed by atoms with Gasteiger partial charge in [-0.3, -0.25) is 0 Å². The Morgan fingerprint density at radius 3 is 2.83 bits per heavy atom. The van der Waals surface area contributed by atoms with Gasteiger partial charge in [-0.2, -0.15) is 13.2 Å². The zero-order valence-corrected chi connectivity index (χ0v) is 13.4. The van der Waals surface area contributed by atoms with Crippen LogP contribution in [0, 0.1) is 11.3 Å². The lowest BCUT2D eigenvalue weighted by atomic mass is 9.80. The predicted octanol–water partition coefficient (Wildman–Crippen LogP) is 2.50. The Morgan fingerprint density at radius 2 is 2.22 bits per heavy atom. The Kier molecular flexibility index (Phi) is 4.27. The van der Waals surface area contributed by atoms with E-state index in [0.717, 1.165) is 38.4 Å². The summed E-state index contributed by atoms with van der Waals surface area (Å²) >= 11 is 0. The lowest BCUT2D eigenvalue weighted by molar-refractivity contribution is -0.137. The van der Waals surface area contributed by atoms with Crippen molar-refractivity contribution in [2.45, 2.75) is 13.1 Å². The quantitative estimate of drug-likeness (QED) is 0.849. The van der Waals surface area contributed by atoms with E-state index in [2.05, 4.69) is 28.8 Å². The molecule has 2 saturated heterocycles. The molecule has 2 aliphatic rings. The predicted molar refractivity (Wildman–Crippen MR) is 81.4 cm³/mol. The molecule has 0 bridgehead atoms. The fourth-order valence-electron chi connectivity index (χ4n) is 3.62. The van der Waals surface area contributed by atoms with Gasteiger partial charge >= 0.3 is 6.18 Å². The minimum absolute atomic E-state index is 0.0507. The van der Waals surface area contributed by atoms with Crippen molar-refractivity contribution >= 4 is 5.82 Å². The van der Waals surface area contributed by atoms with Gasteiger partial charge in [-0.15, -0.1) is 0 Å². The number of alkyl halides is 3. The summed E-state index contributed by atoms with van der Waals surface area (Å²) in [6, 6.07) is 2.58. The molecule has 0 spiro atoms. The summed E-state index contributed by atoms with van der Waals surface area (Å²) in [7, 11) is 2.09. The minimum atomic E-state index is -4.34. The molecule has 2 fully saturated rings. The van der Waals surface area contributed by atoms with E-state index in [1.165, 1.54) is 6.07 Å². The topological polar surface area (TPSA) is 28.6 Å². The molecule has 1 aromatic heterocycles. The van der Waals surface area contributed by atoms with Crippen LogP contribution in [0.15, 0.2) is 18.3 Å². The Labute approximate surface area is 134 Å². The first-order valence-electron chi connectivity index (χ1n) is 7.88. The van der Waals surface area contributed by atoms with E-state index in [9.17, 15) is 13.2 Å². The third kappa shape index (κ3) is 3.17. The molecule has 0 unspecified atom stereocenters. The first kappa shape index (κ1) is 16.5. The van der Waals surface area contributed by atoms with Crippen LogP contribution < -0.4 is 4.90 Å². The number of pyridine rings is 1. The van der Waals surface area contributed by atoms with Gasteiger partial charge in [0.25, 0.3) is 0 Å². The lowest BCUT2D eigenvalue weighted by Gasteiger charge is -2.31. The SMILES string of the molecule is CCN(C)C[C@]12COC[C@H]1CN(c1ccc(C(F)(F)F)cn1)C2. The van der Waals surface area contributed by atoms with Crippen LogP contribution >= 0.6 is 0 Å². The third-order valence-electron chi connectivity index (χ3n) is 5.04. The summed E-state index contributed by atoms with van der Waals surface area (Å²) in [5.41, 5.74) is -0.654. The number of ether oxygens (including phenoxy) is 1. The number of anilines is 1.